The quantitative estimate of drug-likeness (QED) is 0.847. The summed E-state index contributed by atoms with van der Waals surface area (Å²) in [5.74, 6) is 1.78. The Labute approximate surface area is 123 Å². The summed E-state index contributed by atoms with van der Waals surface area (Å²) in [7, 11) is 4.71. The molecule has 0 unspecified atom stereocenters. The van der Waals surface area contributed by atoms with Crippen LogP contribution in [0.3, 0.4) is 0 Å². The number of pyridine rings is 1. The molecule has 2 rings (SSSR count). The average molecular weight is 289 g/mol. The molecule has 0 N–H and O–H groups in total. The summed E-state index contributed by atoms with van der Waals surface area (Å²) < 4.78 is 17.4. The van der Waals surface area contributed by atoms with E-state index in [1.54, 1.807) is 24.9 Å². The molecule has 0 saturated heterocycles. The van der Waals surface area contributed by atoms with Gasteiger partial charge in [-0.05, 0) is 24.6 Å². The van der Waals surface area contributed by atoms with Crippen molar-refractivity contribution in [1.29, 1.82) is 0 Å². The van der Waals surface area contributed by atoms with E-state index in [1.165, 1.54) is 7.11 Å². The van der Waals surface area contributed by atoms with Gasteiger partial charge < -0.3 is 14.2 Å². The van der Waals surface area contributed by atoms with E-state index in [4.69, 9.17) is 14.2 Å². The molecule has 0 aliphatic heterocycles. The van der Waals surface area contributed by atoms with Gasteiger partial charge in [-0.25, -0.2) is 0 Å². The predicted molar refractivity (Wildman–Crippen MR) is 80.6 cm³/mol. The third-order valence-electron chi connectivity index (χ3n) is 3.30. The number of hydrogen-bond donors (Lipinski definition) is 0. The fourth-order valence-electron chi connectivity index (χ4n) is 2.23. The molecule has 0 amide bonds. The van der Waals surface area contributed by atoms with E-state index in [2.05, 4.69) is 0 Å². The van der Waals surface area contributed by atoms with Crippen LogP contribution in [0.5, 0.6) is 17.4 Å². The summed E-state index contributed by atoms with van der Waals surface area (Å²) in [6.07, 6.45) is 0. The van der Waals surface area contributed by atoms with E-state index in [0.29, 0.717) is 18.2 Å². The summed E-state index contributed by atoms with van der Waals surface area (Å²) in [5.41, 5.74) is 1.61. The molecule has 1 heterocycles. The first kappa shape index (κ1) is 15.0. The van der Waals surface area contributed by atoms with Crippen LogP contribution in [-0.4, -0.2) is 25.9 Å². The fourth-order valence-corrected chi connectivity index (χ4v) is 2.23. The lowest BCUT2D eigenvalue weighted by atomic mass is 10.2. The highest BCUT2D eigenvalue weighted by atomic mass is 16.5. The van der Waals surface area contributed by atoms with E-state index < -0.39 is 0 Å². The van der Waals surface area contributed by atoms with Gasteiger partial charge in [-0.3, -0.25) is 9.36 Å². The van der Waals surface area contributed by atoms with Gasteiger partial charge >= 0.3 is 0 Å². The van der Waals surface area contributed by atoms with Gasteiger partial charge in [0.25, 0.3) is 5.56 Å². The molecule has 0 aliphatic rings. The lowest BCUT2D eigenvalue weighted by Gasteiger charge is -2.16. The van der Waals surface area contributed by atoms with Crippen LogP contribution >= 0.6 is 0 Å². The zero-order valence-electron chi connectivity index (χ0n) is 12.7. The van der Waals surface area contributed by atoms with Gasteiger partial charge in [-0.15, -0.1) is 0 Å². The van der Waals surface area contributed by atoms with Crippen LogP contribution in [0, 0.1) is 6.92 Å². The molecule has 112 valence electrons. The Hall–Kier alpha value is -2.43. The predicted octanol–water partition coefficient (Wildman–Crippen LogP) is 2.23. The zero-order chi connectivity index (χ0) is 15.4. The first-order chi connectivity index (χ1) is 10.1. The van der Waals surface area contributed by atoms with Gasteiger partial charge in [0.05, 0.1) is 27.9 Å². The Kier molecular flexibility index (Phi) is 4.52. The second kappa shape index (κ2) is 6.35. The Balaban J connectivity index is 2.45. The highest BCUT2D eigenvalue weighted by Gasteiger charge is 2.15. The SMILES string of the molecule is COc1ccc(Cn2c(OC)c(OC)c(C)cc2=O)cc1. The van der Waals surface area contributed by atoms with Crippen molar-refractivity contribution in [2.45, 2.75) is 13.5 Å². The lowest BCUT2D eigenvalue weighted by Crippen LogP contribution is -2.22. The first-order valence-electron chi connectivity index (χ1n) is 6.56. The summed E-state index contributed by atoms with van der Waals surface area (Å²) in [6, 6.07) is 9.09. The molecule has 0 spiro atoms. The number of rotatable bonds is 5. The number of hydrogen-bond acceptors (Lipinski definition) is 4. The van der Waals surface area contributed by atoms with Gasteiger partial charge in [0.1, 0.15) is 5.75 Å². The van der Waals surface area contributed by atoms with E-state index >= 15 is 0 Å². The van der Waals surface area contributed by atoms with Crippen molar-refractivity contribution in [3.8, 4) is 17.4 Å². The summed E-state index contributed by atoms with van der Waals surface area (Å²) in [6.45, 7) is 2.23. The van der Waals surface area contributed by atoms with E-state index in [1.807, 2.05) is 31.2 Å². The van der Waals surface area contributed by atoms with Crippen molar-refractivity contribution < 1.29 is 14.2 Å². The van der Waals surface area contributed by atoms with E-state index in [-0.39, 0.29) is 5.56 Å². The van der Waals surface area contributed by atoms with E-state index in [0.717, 1.165) is 16.9 Å². The third kappa shape index (κ3) is 3.02. The van der Waals surface area contributed by atoms with Crippen molar-refractivity contribution in [3.63, 3.8) is 0 Å². The topological polar surface area (TPSA) is 49.7 Å². The van der Waals surface area contributed by atoms with Crippen LogP contribution in [0.2, 0.25) is 0 Å². The monoisotopic (exact) mass is 289 g/mol. The smallest absolute Gasteiger partial charge is 0.254 e. The maximum absolute atomic E-state index is 12.2. The first-order valence-corrected chi connectivity index (χ1v) is 6.56. The van der Waals surface area contributed by atoms with Crippen LogP contribution in [-0.2, 0) is 6.54 Å². The molecule has 0 atom stereocenters. The number of ether oxygens (including phenoxy) is 3. The maximum Gasteiger partial charge on any atom is 0.254 e. The minimum Gasteiger partial charge on any atom is -0.497 e. The Morgan fingerprint density at radius 2 is 1.67 bits per heavy atom. The maximum atomic E-state index is 12.2. The number of benzene rings is 1. The third-order valence-corrected chi connectivity index (χ3v) is 3.30. The standard InChI is InChI=1S/C16H19NO4/c1-11-9-14(18)17(16(21-4)15(11)20-3)10-12-5-7-13(19-2)8-6-12/h5-9H,10H2,1-4H3. The van der Waals surface area contributed by atoms with Crippen LogP contribution in [0.4, 0.5) is 0 Å². The largest absolute Gasteiger partial charge is 0.497 e. The van der Waals surface area contributed by atoms with Gasteiger partial charge in [-0.2, -0.15) is 0 Å². The van der Waals surface area contributed by atoms with Crippen molar-refractivity contribution in [2.75, 3.05) is 21.3 Å². The summed E-state index contributed by atoms with van der Waals surface area (Å²) in [5, 5.41) is 0. The molecular formula is C16H19NO4. The minimum atomic E-state index is -0.124. The lowest BCUT2D eigenvalue weighted by molar-refractivity contribution is 0.322. The number of aromatic nitrogens is 1. The Bertz CT molecular complexity index is 674. The molecule has 5 nitrogen and oxygen atoms in total. The molecule has 0 fully saturated rings. The average Bonchev–Trinajstić information content (AvgIpc) is 2.50. The van der Waals surface area contributed by atoms with Crippen LogP contribution in [0.25, 0.3) is 0 Å². The van der Waals surface area contributed by atoms with Crippen molar-refractivity contribution in [1.82, 2.24) is 4.57 Å². The normalized spacial score (nSPS) is 10.3. The highest BCUT2D eigenvalue weighted by Crippen LogP contribution is 2.29. The molecule has 21 heavy (non-hydrogen) atoms. The molecule has 0 bridgehead atoms. The van der Waals surface area contributed by atoms with Gasteiger partial charge in [0.15, 0.2) is 5.75 Å². The van der Waals surface area contributed by atoms with Crippen LogP contribution in [0.15, 0.2) is 35.1 Å². The van der Waals surface area contributed by atoms with Crippen LogP contribution < -0.4 is 19.8 Å². The van der Waals surface area contributed by atoms with Gasteiger partial charge in [0, 0.05) is 11.6 Å². The number of nitrogens with zero attached hydrogens (tertiary/aromatic N) is 1. The minimum absolute atomic E-state index is 0.124. The number of aryl methyl sites for hydroxylation is 1. The molecule has 0 saturated carbocycles. The second-order valence-electron chi connectivity index (χ2n) is 4.64. The number of methoxy groups -OCH3 is 3. The van der Waals surface area contributed by atoms with Crippen molar-refractivity contribution in [3.05, 3.63) is 51.8 Å². The molecule has 1 aromatic carbocycles. The molecule has 1 aromatic heterocycles. The van der Waals surface area contributed by atoms with Crippen LogP contribution in [0.1, 0.15) is 11.1 Å². The Morgan fingerprint density at radius 1 is 1.00 bits per heavy atom. The summed E-state index contributed by atoms with van der Waals surface area (Å²) in [4.78, 5) is 12.2. The fraction of sp³-hybridized carbons (Fsp3) is 0.312. The van der Waals surface area contributed by atoms with Crippen molar-refractivity contribution in [2.24, 2.45) is 0 Å². The Morgan fingerprint density at radius 3 is 2.19 bits per heavy atom. The molecule has 2 aromatic rings. The summed E-state index contributed by atoms with van der Waals surface area (Å²) >= 11 is 0. The van der Waals surface area contributed by atoms with Gasteiger partial charge in [-0.1, -0.05) is 12.1 Å². The second-order valence-corrected chi connectivity index (χ2v) is 4.64. The van der Waals surface area contributed by atoms with E-state index in [9.17, 15) is 4.79 Å². The van der Waals surface area contributed by atoms with Gasteiger partial charge in [0.2, 0.25) is 5.88 Å². The zero-order valence-corrected chi connectivity index (χ0v) is 12.7. The molecule has 0 aliphatic carbocycles. The highest BCUT2D eigenvalue weighted by molar-refractivity contribution is 5.42. The molecular weight excluding hydrogens is 270 g/mol. The molecule has 0 radical (unpaired) electrons. The molecule has 5 heteroatoms. The van der Waals surface area contributed by atoms with Crippen molar-refractivity contribution >= 4 is 0 Å².